The number of benzene rings is 2. The first-order valence-corrected chi connectivity index (χ1v) is 7.52. The molecule has 0 bridgehead atoms. The Labute approximate surface area is 142 Å². The van der Waals surface area contributed by atoms with E-state index in [0.29, 0.717) is 28.0 Å². The van der Waals surface area contributed by atoms with Crippen LogP contribution in [-0.4, -0.2) is 33.6 Å². The van der Waals surface area contributed by atoms with E-state index in [9.17, 15) is 9.59 Å². The van der Waals surface area contributed by atoms with Crippen LogP contribution in [0, 0.1) is 6.92 Å². The number of aliphatic carboxylic acids is 1. The Balaban J connectivity index is 1.99. The van der Waals surface area contributed by atoms with Crippen molar-refractivity contribution in [1.29, 1.82) is 0 Å². The van der Waals surface area contributed by atoms with Crippen LogP contribution < -0.4 is 10.3 Å². The summed E-state index contributed by atoms with van der Waals surface area (Å²) in [5, 5.41) is 13.4. The third-order valence-corrected chi connectivity index (χ3v) is 3.50. The number of carboxylic acid groups (broad SMARTS) is 1. The molecule has 7 heteroatoms. The Morgan fingerprint density at radius 2 is 1.96 bits per heavy atom. The van der Waals surface area contributed by atoms with Crippen molar-refractivity contribution in [3.63, 3.8) is 0 Å². The van der Waals surface area contributed by atoms with Crippen LogP contribution in [0.1, 0.15) is 11.4 Å². The van der Waals surface area contributed by atoms with Gasteiger partial charge in [-0.3, -0.25) is 4.79 Å². The number of hydrogen-bond donors (Lipinski definition) is 1. The standard InChI is InChI=1S/C18H15N3O4/c1-12-20-15-8-4-3-7-14(15)18(24)21(12)19-10-13-6-2-5-9-16(13)25-11-17(22)23/h2-10H,11H2,1H3,(H,22,23)/b19-10-. The largest absolute Gasteiger partial charge is 0.481 e. The molecule has 0 aliphatic heterocycles. The monoisotopic (exact) mass is 337 g/mol. The lowest BCUT2D eigenvalue weighted by Crippen LogP contribution is -2.20. The minimum absolute atomic E-state index is 0.275. The van der Waals surface area contributed by atoms with Gasteiger partial charge in [-0.1, -0.05) is 24.3 Å². The summed E-state index contributed by atoms with van der Waals surface area (Å²) in [6.45, 7) is 1.24. The molecule has 0 atom stereocenters. The molecule has 7 nitrogen and oxygen atoms in total. The number of aryl methyl sites for hydroxylation is 1. The zero-order valence-corrected chi connectivity index (χ0v) is 13.4. The van der Waals surface area contributed by atoms with Gasteiger partial charge in [-0.2, -0.15) is 9.78 Å². The Morgan fingerprint density at radius 3 is 2.76 bits per heavy atom. The van der Waals surface area contributed by atoms with Crippen LogP contribution in [0.3, 0.4) is 0 Å². The molecule has 0 radical (unpaired) electrons. The predicted octanol–water partition coefficient (Wildman–Crippen LogP) is 2.05. The van der Waals surface area contributed by atoms with Crippen LogP contribution in [0.25, 0.3) is 10.9 Å². The summed E-state index contributed by atoms with van der Waals surface area (Å²) in [5.74, 6) is -0.255. The molecule has 0 saturated carbocycles. The fourth-order valence-corrected chi connectivity index (χ4v) is 2.35. The molecule has 0 saturated heterocycles. The van der Waals surface area contributed by atoms with E-state index in [1.807, 2.05) is 6.07 Å². The van der Waals surface area contributed by atoms with Crippen LogP contribution in [-0.2, 0) is 4.79 Å². The number of aromatic nitrogens is 2. The summed E-state index contributed by atoms with van der Waals surface area (Å²) in [6.07, 6.45) is 1.45. The topological polar surface area (TPSA) is 93.8 Å². The maximum atomic E-state index is 12.6. The smallest absolute Gasteiger partial charge is 0.341 e. The number of para-hydroxylation sites is 2. The first-order chi connectivity index (χ1) is 12.1. The Kier molecular flexibility index (Phi) is 4.56. The summed E-state index contributed by atoms with van der Waals surface area (Å²) < 4.78 is 6.43. The van der Waals surface area contributed by atoms with E-state index in [2.05, 4.69) is 10.1 Å². The molecule has 1 aromatic heterocycles. The van der Waals surface area contributed by atoms with E-state index in [4.69, 9.17) is 9.84 Å². The average Bonchev–Trinajstić information content (AvgIpc) is 2.60. The summed E-state index contributed by atoms with van der Waals surface area (Å²) in [5.41, 5.74) is 0.896. The van der Waals surface area contributed by atoms with Gasteiger partial charge in [0.2, 0.25) is 0 Å². The maximum Gasteiger partial charge on any atom is 0.341 e. The maximum absolute atomic E-state index is 12.6. The van der Waals surface area contributed by atoms with Crippen molar-refractivity contribution >= 4 is 23.1 Å². The highest BCUT2D eigenvalue weighted by Gasteiger charge is 2.07. The van der Waals surface area contributed by atoms with E-state index >= 15 is 0 Å². The van der Waals surface area contributed by atoms with Gasteiger partial charge in [0.25, 0.3) is 5.56 Å². The van der Waals surface area contributed by atoms with Gasteiger partial charge in [0.15, 0.2) is 6.61 Å². The molecule has 0 amide bonds. The molecular formula is C18H15N3O4. The molecule has 1 heterocycles. The van der Waals surface area contributed by atoms with Gasteiger partial charge in [0.05, 0.1) is 17.1 Å². The number of hydrogen-bond acceptors (Lipinski definition) is 5. The Bertz CT molecular complexity index is 1020. The predicted molar refractivity (Wildman–Crippen MR) is 93.3 cm³/mol. The second-order valence-electron chi connectivity index (χ2n) is 5.26. The van der Waals surface area contributed by atoms with Crippen molar-refractivity contribution in [3.05, 3.63) is 70.3 Å². The quantitative estimate of drug-likeness (QED) is 0.719. The number of fused-ring (bicyclic) bond motifs is 1. The molecule has 25 heavy (non-hydrogen) atoms. The van der Waals surface area contributed by atoms with Gasteiger partial charge in [-0.25, -0.2) is 9.78 Å². The number of carboxylic acids is 1. The average molecular weight is 337 g/mol. The molecule has 2 aromatic carbocycles. The number of rotatable bonds is 5. The first kappa shape index (κ1) is 16.4. The van der Waals surface area contributed by atoms with Gasteiger partial charge < -0.3 is 9.84 Å². The normalized spacial score (nSPS) is 11.1. The molecule has 1 N–H and O–H groups in total. The number of nitrogens with zero attached hydrogens (tertiary/aromatic N) is 3. The second kappa shape index (κ2) is 6.96. The highest BCUT2D eigenvalue weighted by Crippen LogP contribution is 2.16. The summed E-state index contributed by atoms with van der Waals surface area (Å²) in [6, 6.07) is 13.9. The lowest BCUT2D eigenvalue weighted by atomic mass is 10.2. The van der Waals surface area contributed by atoms with E-state index in [-0.39, 0.29) is 5.56 Å². The third kappa shape index (κ3) is 3.55. The molecule has 0 spiro atoms. The van der Waals surface area contributed by atoms with E-state index in [0.717, 1.165) is 0 Å². The van der Waals surface area contributed by atoms with E-state index < -0.39 is 12.6 Å². The summed E-state index contributed by atoms with van der Waals surface area (Å²) in [7, 11) is 0. The number of carbonyl (C=O) groups is 1. The molecule has 3 aromatic rings. The molecule has 0 aliphatic carbocycles. The lowest BCUT2D eigenvalue weighted by molar-refractivity contribution is -0.139. The first-order valence-electron chi connectivity index (χ1n) is 7.52. The Morgan fingerprint density at radius 1 is 1.24 bits per heavy atom. The van der Waals surface area contributed by atoms with Crippen molar-refractivity contribution in [1.82, 2.24) is 9.66 Å². The van der Waals surface area contributed by atoms with Crippen LogP contribution in [0.2, 0.25) is 0 Å². The van der Waals surface area contributed by atoms with Crippen LogP contribution in [0.15, 0.2) is 58.4 Å². The van der Waals surface area contributed by atoms with Gasteiger partial charge in [0.1, 0.15) is 11.6 Å². The fourth-order valence-electron chi connectivity index (χ4n) is 2.35. The highest BCUT2D eigenvalue weighted by molar-refractivity contribution is 5.84. The van der Waals surface area contributed by atoms with Gasteiger partial charge in [-0.15, -0.1) is 0 Å². The number of ether oxygens (including phenoxy) is 1. The van der Waals surface area contributed by atoms with Crippen molar-refractivity contribution in [2.75, 3.05) is 6.61 Å². The zero-order chi connectivity index (χ0) is 17.8. The SMILES string of the molecule is Cc1nc2ccccc2c(=O)n1/N=C\c1ccccc1OCC(=O)O. The van der Waals surface area contributed by atoms with Crippen LogP contribution in [0.4, 0.5) is 0 Å². The molecule has 126 valence electrons. The van der Waals surface area contributed by atoms with Gasteiger partial charge >= 0.3 is 5.97 Å². The molecule has 0 unspecified atom stereocenters. The minimum Gasteiger partial charge on any atom is -0.481 e. The van der Waals surface area contributed by atoms with Gasteiger partial charge in [-0.05, 0) is 31.2 Å². The van der Waals surface area contributed by atoms with Crippen molar-refractivity contribution in [3.8, 4) is 5.75 Å². The van der Waals surface area contributed by atoms with Crippen LogP contribution >= 0.6 is 0 Å². The molecule has 3 rings (SSSR count). The highest BCUT2D eigenvalue weighted by atomic mass is 16.5. The van der Waals surface area contributed by atoms with Crippen molar-refractivity contribution < 1.29 is 14.6 Å². The zero-order valence-electron chi connectivity index (χ0n) is 13.4. The third-order valence-electron chi connectivity index (χ3n) is 3.50. The van der Waals surface area contributed by atoms with Gasteiger partial charge in [0, 0.05) is 5.56 Å². The van der Waals surface area contributed by atoms with Crippen molar-refractivity contribution in [2.45, 2.75) is 6.92 Å². The molecular weight excluding hydrogens is 322 g/mol. The fraction of sp³-hybridized carbons (Fsp3) is 0.111. The lowest BCUT2D eigenvalue weighted by Gasteiger charge is -2.07. The molecule has 0 fully saturated rings. The second-order valence-corrected chi connectivity index (χ2v) is 5.26. The minimum atomic E-state index is -1.07. The van der Waals surface area contributed by atoms with Crippen LogP contribution in [0.5, 0.6) is 5.75 Å². The summed E-state index contributed by atoms with van der Waals surface area (Å²) >= 11 is 0. The Hall–Kier alpha value is -3.48. The van der Waals surface area contributed by atoms with E-state index in [1.54, 1.807) is 49.4 Å². The van der Waals surface area contributed by atoms with E-state index in [1.165, 1.54) is 10.9 Å². The molecule has 0 aliphatic rings. The van der Waals surface area contributed by atoms with Crippen molar-refractivity contribution in [2.24, 2.45) is 5.10 Å². The summed E-state index contributed by atoms with van der Waals surface area (Å²) in [4.78, 5) is 27.6.